The van der Waals surface area contributed by atoms with Gasteiger partial charge in [0.25, 0.3) is 0 Å². The minimum absolute atomic E-state index is 0.0579. The molecular formula is C23H26ClN3O2S. The van der Waals surface area contributed by atoms with Crippen LogP contribution in [0.1, 0.15) is 30.4 Å². The number of hydrogen-bond donors (Lipinski definition) is 2. The van der Waals surface area contributed by atoms with Crippen molar-refractivity contribution >= 4 is 40.9 Å². The highest BCUT2D eigenvalue weighted by atomic mass is 35.5. The molecule has 1 unspecified atom stereocenters. The Balaban J connectivity index is 1.25. The summed E-state index contributed by atoms with van der Waals surface area (Å²) in [4.78, 5) is 28.3. The van der Waals surface area contributed by atoms with Gasteiger partial charge in [-0.15, -0.1) is 11.8 Å². The molecule has 2 aliphatic rings. The van der Waals surface area contributed by atoms with Crippen LogP contribution in [0.3, 0.4) is 0 Å². The largest absolute Gasteiger partial charge is 0.353 e. The van der Waals surface area contributed by atoms with E-state index in [1.165, 1.54) is 22.9 Å². The number of hydrogen-bond acceptors (Lipinski definition) is 4. The van der Waals surface area contributed by atoms with Crippen molar-refractivity contribution in [3.63, 3.8) is 0 Å². The normalized spacial score (nSPS) is 19.8. The fraction of sp³-hybridized carbons (Fsp3) is 0.391. The Bertz CT molecular complexity index is 944. The van der Waals surface area contributed by atoms with Gasteiger partial charge in [0, 0.05) is 42.0 Å². The molecule has 2 N–H and O–H groups in total. The molecule has 0 radical (unpaired) electrons. The molecule has 1 saturated heterocycles. The third-order valence-electron chi connectivity index (χ3n) is 5.74. The van der Waals surface area contributed by atoms with Gasteiger partial charge in [-0.2, -0.15) is 0 Å². The van der Waals surface area contributed by atoms with Crippen LogP contribution in [0.2, 0.25) is 5.02 Å². The zero-order valence-corrected chi connectivity index (χ0v) is 18.6. The lowest BCUT2D eigenvalue weighted by atomic mass is 10.0. The van der Waals surface area contributed by atoms with E-state index in [2.05, 4.69) is 46.7 Å². The van der Waals surface area contributed by atoms with E-state index in [1.807, 2.05) is 6.07 Å². The monoisotopic (exact) mass is 443 g/mol. The minimum atomic E-state index is -0.417. The Hall–Kier alpha value is -2.02. The Kier molecular flexibility index (Phi) is 6.66. The van der Waals surface area contributed by atoms with Gasteiger partial charge in [0.1, 0.15) is 0 Å². The zero-order chi connectivity index (χ0) is 21.1. The van der Waals surface area contributed by atoms with Crippen LogP contribution >= 0.6 is 23.4 Å². The molecule has 0 aromatic heterocycles. The summed E-state index contributed by atoms with van der Waals surface area (Å²) in [5.41, 5.74) is 3.40. The van der Waals surface area contributed by atoms with Gasteiger partial charge < -0.3 is 10.6 Å². The van der Waals surface area contributed by atoms with Crippen LogP contribution in [0.25, 0.3) is 0 Å². The van der Waals surface area contributed by atoms with Crippen LogP contribution in [0.5, 0.6) is 0 Å². The summed E-state index contributed by atoms with van der Waals surface area (Å²) in [7, 11) is 0. The third kappa shape index (κ3) is 5.17. The number of anilines is 1. The lowest BCUT2D eigenvalue weighted by molar-refractivity contribution is -0.124. The van der Waals surface area contributed by atoms with Crippen molar-refractivity contribution in [1.29, 1.82) is 0 Å². The van der Waals surface area contributed by atoms with E-state index in [0.29, 0.717) is 5.02 Å². The molecule has 158 valence electrons. The number of carbonyl (C=O) groups excluding carboxylic acids is 2. The molecule has 0 bridgehead atoms. The fourth-order valence-electron chi connectivity index (χ4n) is 3.98. The quantitative estimate of drug-likeness (QED) is 0.725. The maximum absolute atomic E-state index is 12.6. The van der Waals surface area contributed by atoms with Gasteiger partial charge in [0.05, 0.1) is 10.9 Å². The van der Waals surface area contributed by atoms with E-state index in [1.54, 1.807) is 12.1 Å². The van der Waals surface area contributed by atoms with Crippen molar-refractivity contribution in [1.82, 2.24) is 10.2 Å². The topological polar surface area (TPSA) is 61.4 Å². The van der Waals surface area contributed by atoms with E-state index in [9.17, 15) is 9.59 Å². The maximum atomic E-state index is 12.6. The average molecular weight is 444 g/mol. The highest BCUT2D eigenvalue weighted by Gasteiger charge is 2.30. The minimum Gasteiger partial charge on any atom is -0.353 e. The number of thioether (sulfide) groups is 1. The van der Waals surface area contributed by atoms with E-state index in [4.69, 9.17) is 11.6 Å². The fourth-order valence-corrected chi connectivity index (χ4v) is 5.24. The SMILES string of the molecule is Cc1ccccc1CN1CCC(NC(=O)CC2Sc3ccc(Cl)cc3NC2=O)CC1. The molecule has 4 rings (SSSR count). The first-order valence-corrected chi connectivity index (χ1v) is 11.6. The summed E-state index contributed by atoms with van der Waals surface area (Å²) in [5, 5.41) is 6.16. The lowest BCUT2D eigenvalue weighted by Gasteiger charge is -2.33. The summed E-state index contributed by atoms with van der Waals surface area (Å²) < 4.78 is 0. The molecule has 2 heterocycles. The van der Waals surface area contributed by atoms with Gasteiger partial charge in [-0.1, -0.05) is 35.9 Å². The Morgan fingerprint density at radius 3 is 2.77 bits per heavy atom. The second kappa shape index (κ2) is 9.41. The standard InChI is InChI=1S/C23H26ClN3O2S/c1-15-4-2-3-5-16(15)14-27-10-8-18(9-11-27)25-22(28)13-21-23(29)26-19-12-17(24)6-7-20(19)30-21/h2-7,12,18,21H,8-11,13-14H2,1H3,(H,25,28)(H,26,29). The summed E-state index contributed by atoms with van der Waals surface area (Å²) >= 11 is 7.42. The van der Waals surface area contributed by atoms with Crippen LogP contribution in [0.4, 0.5) is 5.69 Å². The molecular weight excluding hydrogens is 418 g/mol. The first-order chi connectivity index (χ1) is 14.5. The van der Waals surface area contributed by atoms with Crippen molar-refractivity contribution in [3.8, 4) is 0 Å². The lowest BCUT2D eigenvalue weighted by Crippen LogP contribution is -2.45. The second-order valence-electron chi connectivity index (χ2n) is 7.98. The third-order valence-corrected chi connectivity index (χ3v) is 7.25. The smallest absolute Gasteiger partial charge is 0.238 e. The molecule has 0 saturated carbocycles. The summed E-state index contributed by atoms with van der Waals surface area (Å²) in [6.07, 6.45) is 2.05. The van der Waals surface area contributed by atoms with Gasteiger partial charge in [-0.3, -0.25) is 14.5 Å². The highest BCUT2D eigenvalue weighted by Crippen LogP contribution is 2.38. The van der Waals surface area contributed by atoms with Crippen LogP contribution in [-0.4, -0.2) is 41.1 Å². The molecule has 30 heavy (non-hydrogen) atoms. The van der Waals surface area contributed by atoms with Crippen molar-refractivity contribution in [2.75, 3.05) is 18.4 Å². The first kappa shape index (κ1) is 21.2. The summed E-state index contributed by atoms with van der Waals surface area (Å²) in [6, 6.07) is 14.1. The number of likely N-dealkylation sites (tertiary alicyclic amines) is 1. The van der Waals surface area contributed by atoms with Crippen LogP contribution in [0.15, 0.2) is 47.4 Å². The highest BCUT2D eigenvalue weighted by molar-refractivity contribution is 8.01. The number of benzene rings is 2. The van der Waals surface area contributed by atoms with E-state index >= 15 is 0 Å². The average Bonchev–Trinajstić information content (AvgIpc) is 2.72. The Labute approximate surface area is 186 Å². The van der Waals surface area contributed by atoms with Gasteiger partial charge in [0.2, 0.25) is 11.8 Å². The van der Waals surface area contributed by atoms with Gasteiger partial charge >= 0.3 is 0 Å². The summed E-state index contributed by atoms with van der Waals surface area (Å²) in [5.74, 6) is -0.199. The van der Waals surface area contributed by atoms with Crippen molar-refractivity contribution in [2.45, 2.75) is 48.9 Å². The van der Waals surface area contributed by atoms with Gasteiger partial charge in [-0.05, 0) is 49.1 Å². The van der Waals surface area contributed by atoms with Gasteiger partial charge in [-0.25, -0.2) is 0 Å². The molecule has 5 nitrogen and oxygen atoms in total. The molecule has 0 aliphatic carbocycles. The molecule has 2 aromatic carbocycles. The number of rotatable bonds is 5. The summed E-state index contributed by atoms with van der Waals surface area (Å²) in [6.45, 7) is 5.03. The Morgan fingerprint density at radius 2 is 2.00 bits per heavy atom. The molecule has 0 spiro atoms. The predicted molar refractivity (Wildman–Crippen MR) is 122 cm³/mol. The number of carbonyl (C=O) groups is 2. The maximum Gasteiger partial charge on any atom is 0.238 e. The number of amides is 2. The molecule has 2 amide bonds. The molecule has 7 heteroatoms. The first-order valence-electron chi connectivity index (χ1n) is 10.3. The van der Waals surface area contributed by atoms with Crippen molar-refractivity contribution in [2.24, 2.45) is 0 Å². The van der Waals surface area contributed by atoms with E-state index < -0.39 is 5.25 Å². The van der Waals surface area contributed by atoms with Crippen molar-refractivity contribution < 1.29 is 9.59 Å². The number of fused-ring (bicyclic) bond motifs is 1. The number of halogens is 1. The van der Waals surface area contributed by atoms with Crippen LogP contribution < -0.4 is 10.6 Å². The number of nitrogens with zero attached hydrogens (tertiary/aromatic N) is 1. The molecule has 2 aliphatic heterocycles. The predicted octanol–water partition coefficient (Wildman–Crippen LogP) is 4.23. The zero-order valence-electron chi connectivity index (χ0n) is 17.0. The van der Waals surface area contributed by atoms with Gasteiger partial charge in [0.15, 0.2) is 0 Å². The molecule has 2 aromatic rings. The van der Waals surface area contributed by atoms with Crippen LogP contribution in [-0.2, 0) is 16.1 Å². The van der Waals surface area contributed by atoms with E-state index in [0.717, 1.165) is 43.1 Å². The van der Waals surface area contributed by atoms with Crippen molar-refractivity contribution in [3.05, 3.63) is 58.6 Å². The Morgan fingerprint density at radius 1 is 1.23 bits per heavy atom. The number of piperidine rings is 1. The van der Waals surface area contributed by atoms with E-state index in [-0.39, 0.29) is 24.3 Å². The molecule has 1 fully saturated rings. The van der Waals surface area contributed by atoms with Crippen LogP contribution in [0, 0.1) is 6.92 Å². The number of nitrogens with one attached hydrogen (secondary N) is 2. The number of aryl methyl sites for hydroxylation is 1. The molecule has 1 atom stereocenters. The second-order valence-corrected chi connectivity index (χ2v) is 9.67.